The smallest absolute Gasteiger partial charge is 0.416 e. The zero-order valence-corrected chi connectivity index (χ0v) is 13.6. The van der Waals surface area contributed by atoms with Crippen molar-refractivity contribution in [1.82, 2.24) is 4.57 Å². The van der Waals surface area contributed by atoms with Crippen LogP contribution < -0.4 is 0 Å². The average molecular weight is 358 g/mol. The molecule has 1 heterocycles. The number of benzene rings is 2. The maximum atomic E-state index is 13.0. The van der Waals surface area contributed by atoms with Gasteiger partial charge in [-0.3, -0.25) is 0 Å². The SMILES string of the molecule is Cc1ccc(C(F)(F)F)cc1Cn1c(C(=O)O)cc2cc(C#N)ccc21. The van der Waals surface area contributed by atoms with Crippen molar-refractivity contribution in [2.45, 2.75) is 19.6 Å². The molecule has 1 aromatic heterocycles. The molecule has 3 rings (SSSR count). The van der Waals surface area contributed by atoms with Gasteiger partial charge in [-0.1, -0.05) is 6.07 Å². The molecule has 4 nitrogen and oxygen atoms in total. The van der Waals surface area contributed by atoms with E-state index in [4.69, 9.17) is 5.26 Å². The number of nitriles is 1. The number of carboxylic acids is 1. The molecule has 3 aromatic rings. The van der Waals surface area contributed by atoms with E-state index in [2.05, 4.69) is 0 Å². The van der Waals surface area contributed by atoms with Crippen molar-refractivity contribution in [2.75, 3.05) is 0 Å². The van der Waals surface area contributed by atoms with Gasteiger partial charge < -0.3 is 9.67 Å². The second-order valence-corrected chi connectivity index (χ2v) is 5.95. The normalized spacial score (nSPS) is 11.5. The molecule has 0 unspecified atom stereocenters. The van der Waals surface area contributed by atoms with Gasteiger partial charge in [0.1, 0.15) is 5.69 Å². The van der Waals surface area contributed by atoms with Crippen molar-refractivity contribution in [3.63, 3.8) is 0 Å². The predicted octanol–water partition coefficient (Wildman–Crippen LogP) is 4.59. The van der Waals surface area contributed by atoms with Crippen molar-refractivity contribution in [3.8, 4) is 6.07 Å². The van der Waals surface area contributed by atoms with Gasteiger partial charge in [0.2, 0.25) is 0 Å². The fourth-order valence-corrected chi connectivity index (χ4v) is 2.88. The van der Waals surface area contributed by atoms with Crippen LogP contribution in [-0.2, 0) is 12.7 Å². The Morgan fingerprint density at radius 3 is 2.54 bits per heavy atom. The predicted molar refractivity (Wildman–Crippen MR) is 88.9 cm³/mol. The third kappa shape index (κ3) is 3.14. The first-order chi connectivity index (χ1) is 12.2. The van der Waals surface area contributed by atoms with Gasteiger partial charge in [-0.25, -0.2) is 4.79 Å². The van der Waals surface area contributed by atoms with Gasteiger partial charge in [0.25, 0.3) is 0 Å². The van der Waals surface area contributed by atoms with Gasteiger partial charge in [-0.15, -0.1) is 0 Å². The highest BCUT2D eigenvalue weighted by Gasteiger charge is 2.31. The molecule has 0 spiro atoms. The summed E-state index contributed by atoms with van der Waals surface area (Å²) in [5, 5.41) is 19.0. The molecule has 0 bridgehead atoms. The van der Waals surface area contributed by atoms with Crippen molar-refractivity contribution in [3.05, 3.63) is 70.4 Å². The lowest BCUT2D eigenvalue weighted by molar-refractivity contribution is -0.137. The quantitative estimate of drug-likeness (QED) is 0.745. The van der Waals surface area contributed by atoms with Gasteiger partial charge in [0.15, 0.2) is 0 Å². The lowest BCUT2D eigenvalue weighted by Gasteiger charge is -2.14. The summed E-state index contributed by atoms with van der Waals surface area (Å²) in [7, 11) is 0. The molecule has 0 aliphatic rings. The molecule has 7 heteroatoms. The van der Waals surface area contributed by atoms with Crippen molar-refractivity contribution >= 4 is 16.9 Å². The second kappa shape index (κ2) is 6.23. The highest BCUT2D eigenvalue weighted by atomic mass is 19.4. The van der Waals surface area contributed by atoms with Crippen LogP contribution >= 0.6 is 0 Å². The van der Waals surface area contributed by atoms with Gasteiger partial charge >= 0.3 is 12.1 Å². The third-order valence-corrected chi connectivity index (χ3v) is 4.25. The maximum absolute atomic E-state index is 13.0. The van der Waals surface area contributed by atoms with E-state index in [1.807, 2.05) is 6.07 Å². The first-order valence-corrected chi connectivity index (χ1v) is 7.64. The minimum atomic E-state index is -4.47. The largest absolute Gasteiger partial charge is 0.477 e. The van der Waals surface area contributed by atoms with Crippen LogP contribution in [0.1, 0.15) is 32.7 Å². The number of fused-ring (bicyclic) bond motifs is 1. The number of halogens is 3. The number of hydrogen-bond acceptors (Lipinski definition) is 2. The molecule has 0 atom stereocenters. The molecule has 0 amide bonds. The van der Waals surface area contributed by atoms with Gasteiger partial charge in [0, 0.05) is 17.4 Å². The molecular formula is C19H13F3N2O2. The molecular weight excluding hydrogens is 345 g/mol. The first-order valence-electron chi connectivity index (χ1n) is 7.64. The Morgan fingerprint density at radius 1 is 1.19 bits per heavy atom. The minimum Gasteiger partial charge on any atom is -0.477 e. The molecule has 0 radical (unpaired) electrons. The van der Waals surface area contributed by atoms with Crippen LogP contribution in [0.15, 0.2) is 42.5 Å². The fraction of sp³-hybridized carbons (Fsp3) is 0.158. The monoisotopic (exact) mass is 358 g/mol. The molecule has 132 valence electrons. The van der Waals surface area contributed by atoms with E-state index >= 15 is 0 Å². The number of aromatic carboxylic acids is 1. The number of rotatable bonds is 3. The van der Waals surface area contributed by atoms with E-state index in [0.717, 1.165) is 12.1 Å². The summed E-state index contributed by atoms with van der Waals surface area (Å²) >= 11 is 0. The van der Waals surface area contributed by atoms with E-state index in [0.29, 0.717) is 27.6 Å². The van der Waals surface area contributed by atoms with Crippen LogP contribution in [0.5, 0.6) is 0 Å². The molecule has 1 N–H and O–H groups in total. The van der Waals surface area contributed by atoms with Crippen LogP contribution in [-0.4, -0.2) is 15.6 Å². The minimum absolute atomic E-state index is 0.0210. The van der Waals surface area contributed by atoms with Crippen LogP contribution in [0.4, 0.5) is 13.2 Å². The van der Waals surface area contributed by atoms with Crippen molar-refractivity contribution in [2.24, 2.45) is 0 Å². The average Bonchev–Trinajstić information content (AvgIpc) is 2.93. The number of alkyl halides is 3. The Hall–Kier alpha value is -3.27. The lowest BCUT2D eigenvalue weighted by atomic mass is 10.0. The fourth-order valence-electron chi connectivity index (χ4n) is 2.88. The topological polar surface area (TPSA) is 66.0 Å². The summed E-state index contributed by atoms with van der Waals surface area (Å²) in [4.78, 5) is 11.6. The Labute approximate surface area is 146 Å². The summed E-state index contributed by atoms with van der Waals surface area (Å²) in [5.41, 5.74) is 1.10. The maximum Gasteiger partial charge on any atom is 0.416 e. The zero-order chi connectivity index (χ0) is 19.1. The van der Waals surface area contributed by atoms with Gasteiger partial charge in [-0.2, -0.15) is 18.4 Å². The Bertz CT molecular complexity index is 1060. The summed E-state index contributed by atoms with van der Waals surface area (Å²) < 4.78 is 40.4. The Kier molecular flexibility index (Phi) is 4.20. The number of carboxylic acid groups (broad SMARTS) is 1. The van der Waals surface area contributed by atoms with Crippen LogP contribution in [0.2, 0.25) is 0 Å². The third-order valence-electron chi connectivity index (χ3n) is 4.25. The van der Waals surface area contributed by atoms with E-state index in [-0.39, 0.29) is 12.2 Å². The molecule has 26 heavy (non-hydrogen) atoms. The standard InChI is InChI=1S/C19H13F3N2O2/c1-11-2-4-15(19(20,21)22)7-14(11)10-24-16-5-3-12(9-23)6-13(16)8-17(24)18(25)26/h2-8H,10H2,1H3,(H,25,26). The molecule has 0 fully saturated rings. The van der Waals surface area contributed by atoms with Gasteiger partial charge in [-0.05, 0) is 54.4 Å². The summed E-state index contributed by atoms with van der Waals surface area (Å²) in [6.45, 7) is 1.65. The van der Waals surface area contributed by atoms with Gasteiger partial charge in [0.05, 0.1) is 17.2 Å². The number of aryl methyl sites for hydroxylation is 1. The number of aromatic nitrogens is 1. The van der Waals surface area contributed by atoms with Crippen molar-refractivity contribution < 1.29 is 23.1 Å². The highest BCUT2D eigenvalue weighted by Crippen LogP contribution is 2.31. The number of nitrogens with zero attached hydrogens (tertiary/aromatic N) is 2. The van der Waals surface area contributed by atoms with Crippen LogP contribution in [0.3, 0.4) is 0 Å². The van der Waals surface area contributed by atoms with E-state index in [9.17, 15) is 23.1 Å². The van der Waals surface area contributed by atoms with E-state index < -0.39 is 17.7 Å². The summed E-state index contributed by atoms with van der Waals surface area (Å²) in [6, 6.07) is 11.5. The second-order valence-electron chi connectivity index (χ2n) is 5.95. The van der Waals surface area contributed by atoms with Crippen LogP contribution in [0.25, 0.3) is 10.9 Å². The first kappa shape index (κ1) is 17.5. The molecule has 0 aliphatic heterocycles. The molecule has 0 aliphatic carbocycles. The van der Waals surface area contributed by atoms with Crippen LogP contribution in [0, 0.1) is 18.3 Å². The Morgan fingerprint density at radius 2 is 1.92 bits per heavy atom. The van der Waals surface area contributed by atoms with E-state index in [1.165, 1.54) is 16.7 Å². The summed E-state index contributed by atoms with van der Waals surface area (Å²) in [5.74, 6) is -1.19. The lowest BCUT2D eigenvalue weighted by Crippen LogP contribution is -2.12. The van der Waals surface area contributed by atoms with E-state index in [1.54, 1.807) is 25.1 Å². The highest BCUT2D eigenvalue weighted by molar-refractivity contribution is 5.95. The molecule has 2 aromatic carbocycles. The number of carbonyl (C=O) groups is 1. The molecule has 0 saturated heterocycles. The van der Waals surface area contributed by atoms with Crippen molar-refractivity contribution in [1.29, 1.82) is 5.26 Å². The summed E-state index contributed by atoms with van der Waals surface area (Å²) in [6.07, 6.45) is -4.47. The zero-order valence-electron chi connectivity index (χ0n) is 13.6. The molecule has 0 saturated carbocycles. The number of hydrogen-bond donors (Lipinski definition) is 1. The Balaban J connectivity index is 2.16.